The number of aromatic nitrogens is 2. The Hall–Kier alpha value is -3.15. The quantitative estimate of drug-likeness (QED) is 0.664. The number of carbonyl (C=O) groups excluding carboxylic acids is 2. The number of aryl methyl sites for hydroxylation is 1. The normalized spacial score (nSPS) is 12.2. The summed E-state index contributed by atoms with van der Waals surface area (Å²) in [6.45, 7) is 7.58. The topological polar surface area (TPSA) is 73.2 Å². The first-order valence-corrected chi connectivity index (χ1v) is 9.38. The van der Waals surface area contributed by atoms with Crippen LogP contribution in [0.5, 0.6) is 0 Å². The maximum Gasteiger partial charge on any atom is 0.338 e. The molecular weight excluding hydrogens is 354 g/mol. The van der Waals surface area contributed by atoms with E-state index in [1.165, 1.54) is 0 Å². The molecule has 0 fully saturated rings. The molecule has 0 unspecified atom stereocenters. The van der Waals surface area contributed by atoms with Crippen LogP contribution in [-0.2, 0) is 9.53 Å². The predicted molar refractivity (Wildman–Crippen MR) is 109 cm³/mol. The Balaban J connectivity index is 1.74. The van der Waals surface area contributed by atoms with Crippen molar-refractivity contribution in [3.63, 3.8) is 0 Å². The Kier molecular flexibility index (Phi) is 5.78. The average molecular weight is 379 g/mol. The maximum atomic E-state index is 12.3. The smallest absolute Gasteiger partial charge is 0.338 e. The van der Waals surface area contributed by atoms with Crippen LogP contribution in [0.3, 0.4) is 0 Å². The second-order valence-electron chi connectivity index (χ2n) is 7.21. The number of esters is 1. The molecule has 6 nitrogen and oxygen atoms in total. The van der Waals surface area contributed by atoms with Crippen molar-refractivity contribution in [1.29, 1.82) is 0 Å². The number of hydrogen-bond donors (Lipinski definition) is 1. The van der Waals surface area contributed by atoms with Crippen molar-refractivity contribution in [1.82, 2.24) is 14.9 Å². The fourth-order valence-corrected chi connectivity index (χ4v) is 2.91. The summed E-state index contributed by atoms with van der Waals surface area (Å²) in [6.07, 6.45) is 0. The number of fused-ring (bicyclic) bond motifs is 1. The van der Waals surface area contributed by atoms with Crippen LogP contribution in [0.15, 0.2) is 48.5 Å². The lowest BCUT2D eigenvalue weighted by molar-refractivity contribution is -0.125. The maximum absolute atomic E-state index is 12.3. The highest BCUT2D eigenvalue weighted by Gasteiger charge is 2.16. The van der Waals surface area contributed by atoms with Gasteiger partial charge in [0.15, 0.2) is 6.61 Å². The third kappa shape index (κ3) is 4.22. The highest BCUT2D eigenvalue weighted by molar-refractivity contribution is 5.95. The first-order chi connectivity index (χ1) is 13.4. The highest BCUT2D eigenvalue weighted by Crippen LogP contribution is 2.22. The molecule has 0 aliphatic rings. The minimum Gasteiger partial charge on any atom is -0.452 e. The molecule has 1 atom stereocenters. The molecule has 1 heterocycles. The zero-order chi connectivity index (χ0) is 20.3. The summed E-state index contributed by atoms with van der Waals surface area (Å²) in [5.41, 5.74) is 2.99. The van der Waals surface area contributed by atoms with Crippen LogP contribution in [0.2, 0.25) is 0 Å². The molecule has 2 aromatic carbocycles. The second-order valence-corrected chi connectivity index (χ2v) is 7.21. The van der Waals surface area contributed by atoms with Gasteiger partial charge in [0.1, 0.15) is 5.82 Å². The van der Waals surface area contributed by atoms with E-state index in [0.29, 0.717) is 17.0 Å². The number of para-hydroxylation sites is 1. The number of nitrogens with zero attached hydrogens (tertiary/aromatic N) is 2. The Morgan fingerprint density at radius 1 is 1.11 bits per heavy atom. The lowest BCUT2D eigenvalue weighted by atomic mass is 10.1. The van der Waals surface area contributed by atoms with E-state index in [2.05, 4.69) is 10.3 Å². The molecule has 0 aliphatic carbocycles. The Morgan fingerprint density at radius 2 is 1.82 bits per heavy atom. The molecule has 3 aromatic rings. The van der Waals surface area contributed by atoms with Crippen LogP contribution in [-0.4, -0.2) is 34.1 Å². The van der Waals surface area contributed by atoms with E-state index in [0.717, 1.165) is 17.0 Å². The number of amides is 1. The number of ether oxygens (including phenoxy) is 1. The SMILES string of the molecule is Cc1nc2cc(C(=O)OCC(=O)N[C@H](C)C(C)C)ccc2n1-c1ccccc1. The third-order valence-electron chi connectivity index (χ3n) is 4.80. The molecule has 0 radical (unpaired) electrons. The largest absolute Gasteiger partial charge is 0.452 e. The fourth-order valence-electron chi connectivity index (χ4n) is 2.91. The van der Waals surface area contributed by atoms with Crippen molar-refractivity contribution in [2.75, 3.05) is 6.61 Å². The highest BCUT2D eigenvalue weighted by atomic mass is 16.5. The summed E-state index contributed by atoms with van der Waals surface area (Å²) in [5, 5.41) is 2.81. The molecule has 6 heteroatoms. The Morgan fingerprint density at radius 3 is 2.50 bits per heavy atom. The summed E-state index contributed by atoms with van der Waals surface area (Å²) in [5.74, 6) is 0.291. The van der Waals surface area contributed by atoms with Crippen molar-refractivity contribution < 1.29 is 14.3 Å². The fraction of sp³-hybridized carbons (Fsp3) is 0.318. The van der Waals surface area contributed by atoms with Gasteiger partial charge in [-0.05, 0) is 50.1 Å². The predicted octanol–water partition coefficient (Wildman–Crippen LogP) is 3.65. The lowest BCUT2D eigenvalue weighted by Gasteiger charge is -2.17. The van der Waals surface area contributed by atoms with Crippen LogP contribution in [0.1, 0.15) is 37.0 Å². The summed E-state index contributed by atoms with van der Waals surface area (Å²) in [4.78, 5) is 28.8. The van der Waals surface area contributed by atoms with Crippen LogP contribution in [0, 0.1) is 12.8 Å². The molecule has 28 heavy (non-hydrogen) atoms. The van der Waals surface area contributed by atoms with Gasteiger partial charge in [-0.15, -0.1) is 0 Å². The van der Waals surface area contributed by atoms with Crippen LogP contribution in [0.25, 0.3) is 16.7 Å². The molecule has 146 valence electrons. The zero-order valence-electron chi connectivity index (χ0n) is 16.6. The molecule has 1 N–H and O–H groups in total. The van der Waals surface area contributed by atoms with E-state index in [1.54, 1.807) is 12.1 Å². The monoisotopic (exact) mass is 379 g/mol. The molecule has 0 saturated heterocycles. The molecule has 0 bridgehead atoms. The summed E-state index contributed by atoms with van der Waals surface area (Å²) < 4.78 is 7.19. The lowest BCUT2D eigenvalue weighted by Crippen LogP contribution is -2.38. The average Bonchev–Trinajstić information content (AvgIpc) is 3.01. The van der Waals surface area contributed by atoms with Crippen molar-refractivity contribution in [2.45, 2.75) is 33.7 Å². The third-order valence-corrected chi connectivity index (χ3v) is 4.80. The molecule has 1 aromatic heterocycles. The minimum absolute atomic E-state index is 0.0208. The first kappa shape index (κ1) is 19.6. The van der Waals surface area contributed by atoms with Gasteiger partial charge in [-0.1, -0.05) is 32.0 Å². The van der Waals surface area contributed by atoms with E-state index in [4.69, 9.17) is 4.74 Å². The van der Waals surface area contributed by atoms with Crippen molar-refractivity contribution in [3.8, 4) is 5.69 Å². The van der Waals surface area contributed by atoms with Crippen LogP contribution < -0.4 is 5.32 Å². The molecule has 1 amide bonds. The summed E-state index contributed by atoms with van der Waals surface area (Å²) in [6, 6.07) is 15.2. The van der Waals surface area contributed by atoms with E-state index < -0.39 is 5.97 Å². The molecule has 0 spiro atoms. The van der Waals surface area contributed by atoms with Gasteiger partial charge >= 0.3 is 5.97 Å². The minimum atomic E-state index is -0.541. The van der Waals surface area contributed by atoms with E-state index in [-0.39, 0.29) is 18.6 Å². The van der Waals surface area contributed by atoms with Crippen molar-refractivity contribution >= 4 is 22.9 Å². The standard InChI is InChI=1S/C22H25N3O3/c1-14(2)15(3)23-21(26)13-28-22(27)17-10-11-20-19(12-17)24-16(4)25(20)18-8-6-5-7-9-18/h5-12,14-15H,13H2,1-4H3,(H,23,26)/t15-/m1/s1. The molecular formula is C22H25N3O3. The summed E-state index contributed by atoms with van der Waals surface area (Å²) >= 11 is 0. The number of nitrogens with one attached hydrogen (secondary N) is 1. The van der Waals surface area contributed by atoms with E-state index >= 15 is 0 Å². The number of benzene rings is 2. The molecule has 3 rings (SSSR count). The molecule has 0 saturated carbocycles. The number of imidazole rings is 1. The van der Waals surface area contributed by atoms with Gasteiger partial charge in [-0.2, -0.15) is 0 Å². The van der Waals surface area contributed by atoms with Gasteiger partial charge in [-0.3, -0.25) is 9.36 Å². The van der Waals surface area contributed by atoms with Crippen LogP contribution >= 0.6 is 0 Å². The van der Waals surface area contributed by atoms with Gasteiger partial charge in [-0.25, -0.2) is 9.78 Å². The van der Waals surface area contributed by atoms with E-state index in [9.17, 15) is 9.59 Å². The molecule has 0 aliphatic heterocycles. The Labute approximate surface area is 164 Å². The van der Waals surface area contributed by atoms with Crippen molar-refractivity contribution in [3.05, 3.63) is 59.9 Å². The van der Waals surface area contributed by atoms with Crippen molar-refractivity contribution in [2.24, 2.45) is 5.92 Å². The zero-order valence-corrected chi connectivity index (χ0v) is 16.6. The second kappa shape index (κ2) is 8.25. The summed E-state index contributed by atoms with van der Waals surface area (Å²) in [7, 11) is 0. The van der Waals surface area contributed by atoms with Gasteiger partial charge in [0.25, 0.3) is 5.91 Å². The first-order valence-electron chi connectivity index (χ1n) is 9.38. The van der Waals surface area contributed by atoms with Gasteiger partial charge in [0.2, 0.25) is 0 Å². The van der Waals surface area contributed by atoms with Gasteiger partial charge in [0, 0.05) is 11.7 Å². The van der Waals surface area contributed by atoms with Gasteiger partial charge in [0.05, 0.1) is 16.6 Å². The number of rotatable bonds is 6. The van der Waals surface area contributed by atoms with E-state index in [1.807, 2.05) is 68.7 Å². The Bertz CT molecular complexity index is 993. The number of carbonyl (C=O) groups is 2. The van der Waals surface area contributed by atoms with Crippen LogP contribution in [0.4, 0.5) is 0 Å². The van der Waals surface area contributed by atoms with Gasteiger partial charge < -0.3 is 10.1 Å². The number of hydrogen-bond acceptors (Lipinski definition) is 4.